The Bertz CT molecular complexity index is 773. The molecule has 19 heavy (non-hydrogen) atoms. The van der Waals surface area contributed by atoms with Gasteiger partial charge >= 0.3 is 0 Å². The maximum atomic E-state index is 12.3. The highest BCUT2D eigenvalue weighted by atomic mass is 16.3. The number of furan rings is 1. The lowest BCUT2D eigenvalue weighted by Crippen LogP contribution is -2.19. The second kappa shape index (κ2) is 3.95. The molecule has 0 saturated carbocycles. The average molecular weight is 252 g/mol. The molecule has 96 valence electrons. The highest BCUT2D eigenvalue weighted by Crippen LogP contribution is 2.30. The lowest BCUT2D eigenvalue weighted by Gasteiger charge is -2.13. The standard InChI is InChI=1S/C17H16O2/c1-17(2,3)16(18)14-10-12-9-8-11-6-4-5-7-13(11)15(12)19-14/h4-10H,1-3H3. The predicted octanol–water partition coefficient (Wildman–Crippen LogP) is 4.81. The predicted molar refractivity (Wildman–Crippen MR) is 77.5 cm³/mol. The van der Waals surface area contributed by atoms with Gasteiger partial charge in [-0.1, -0.05) is 57.2 Å². The second-order valence-electron chi connectivity index (χ2n) is 5.89. The van der Waals surface area contributed by atoms with Crippen molar-refractivity contribution in [3.05, 3.63) is 48.2 Å². The zero-order valence-corrected chi connectivity index (χ0v) is 11.4. The Morgan fingerprint density at radius 1 is 1.00 bits per heavy atom. The molecule has 2 heteroatoms. The number of rotatable bonds is 1. The molecule has 0 N–H and O–H groups in total. The molecule has 2 aromatic carbocycles. The summed E-state index contributed by atoms with van der Waals surface area (Å²) in [5.74, 6) is 0.478. The van der Waals surface area contributed by atoms with E-state index in [1.54, 1.807) is 0 Å². The molecule has 3 rings (SSSR count). The van der Waals surface area contributed by atoms with Gasteiger partial charge in [-0.3, -0.25) is 4.79 Å². The average Bonchev–Trinajstić information content (AvgIpc) is 2.80. The SMILES string of the molecule is CC(C)(C)C(=O)c1cc2ccc3ccccc3c2o1. The van der Waals surface area contributed by atoms with Crippen LogP contribution >= 0.6 is 0 Å². The van der Waals surface area contributed by atoms with Crippen molar-refractivity contribution in [3.63, 3.8) is 0 Å². The van der Waals surface area contributed by atoms with E-state index in [4.69, 9.17) is 4.42 Å². The largest absolute Gasteiger partial charge is 0.452 e. The summed E-state index contributed by atoms with van der Waals surface area (Å²) in [4.78, 5) is 12.3. The number of Topliss-reactive ketones (excluding diaryl/α,β-unsaturated/α-hetero) is 1. The van der Waals surface area contributed by atoms with Crippen LogP contribution in [0.5, 0.6) is 0 Å². The summed E-state index contributed by atoms with van der Waals surface area (Å²) in [5, 5.41) is 3.15. The van der Waals surface area contributed by atoms with Crippen molar-refractivity contribution in [2.75, 3.05) is 0 Å². The normalized spacial score (nSPS) is 12.2. The molecule has 0 aliphatic rings. The third-order valence-corrected chi connectivity index (χ3v) is 3.31. The zero-order valence-electron chi connectivity index (χ0n) is 11.4. The first-order chi connectivity index (χ1) is 8.97. The van der Waals surface area contributed by atoms with Crippen LogP contribution in [0.2, 0.25) is 0 Å². The molecule has 0 unspecified atom stereocenters. The van der Waals surface area contributed by atoms with Crippen LogP contribution in [0.15, 0.2) is 46.9 Å². The zero-order chi connectivity index (χ0) is 13.6. The Morgan fingerprint density at radius 3 is 2.42 bits per heavy atom. The van der Waals surface area contributed by atoms with Gasteiger partial charge in [0.1, 0.15) is 5.58 Å². The van der Waals surface area contributed by atoms with Gasteiger partial charge in [0.2, 0.25) is 5.78 Å². The fourth-order valence-electron chi connectivity index (χ4n) is 2.25. The van der Waals surface area contributed by atoms with Crippen LogP contribution in [0.1, 0.15) is 31.3 Å². The molecule has 0 atom stereocenters. The second-order valence-corrected chi connectivity index (χ2v) is 5.89. The van der Waals surface area contributed by atoms with Crippen molar-refractivity contribution >= 4 is 27.5 Å². The number of hydrogen-bond donors (Lipinski definition) is 0. The Morgan fingerprint density at radius 2 is 1.68 bits per heavy atom. The third kappa shape index (κ3) is 1.93. The van der Waals surface area contributed by atoms with E-state index in [2.05, 4.69) is 6.07 Å². The van der Waals surface area contributed by atoms with E-state index < -0.39 is 5.41 Å². The van der Waals surface area contributed by atoms with Gasteiger partial charge in [-0.05, 0) is 11.5 Å². The molecule has 0 bridgehead atoms. The van der Waals surface area contributed by atoms with Gasteiger partial charge < -0.3 is 4.42 Å². The molecule has 0 aliphatic heterocycles. The van der Waals surface area contributed by atoms with Crippen LogP contribution in [0.4, 0.5) is 0 Å². The van der Waals surface area contributed by atoms with Gasteiger partial charge in [-0.2, -0.15) is 0 Å². The van der Waals surface area contributed by atoms with Crippen LogP contribution < -0.4 is 0 Å². The summed E-state index contributed by atoms with van der Waals surface area (Å²) in [7, 11) is 0. The molecular weight excluding hydrogens is 236 g/mol. The molecule has 1 heterocycles. The Labute approximate surface area is 112 Å². The molecule has 0 saturated heterocycles. The van der Waals surface area contributed by atoms with Crippen LogP contribution in [-0.2, 0) is 0 Å². The van der Waals surface area contributed by atoms with Gasteiger partial charge in [0.25, 0.3) is 0 Å². The maximum absolute atomic E-state index is 12.3. The first kappa shape index (κ1) is 12.0. The van der Waals surface area contributed by atoms with Crippen molar-refractivity contribution in [2.45, 2.75) is 20.8 Å². The summed E-state index contributed by atoms with van der Waals surface area (Å²) in [6, 6.07) is 13.9. The summed E-state index contributed by atoms with van der Waals surface area (Å²) in [6.07, 6.45) is 0. The van der Waals surface area contributed by atoms with Crippen LogP contribution in [0.3, 0.4) is 0 Å². The topological polar surface area (TPSA) is 30.2 Å². The van der Waals surface area contributed by atoms with Crippen molar-refractivity contribution in [3.8, 4) is 0 Å². The van der Waals surface area contributed by atoms with E-state index in [0.717, 1.165) is 21.7 Å². The maximum Gasteiger partial charge on any atom is 0.203 e. The number of fused-ring (bicyclic) bond motifs is 3. The Hall–Kier alpha value is -2.09. The molecule has 0 fully saturated rings. The Balaban J connectivity index is 2.26. The number of benzene rings is 2. The lowest BCUT2D eigenvalue weighted by atomic mass is 9.89. The lowest BCUT2D eigenvalue weighted by molar-refractivity contribution is 0.0831. The number of carbonyl (C=O) groups is 1. The fourth-order valence-corrected chi connectivity index (χ4v) is 2.25. The molecule has 0 radical (unpaired) electrons. The smallest absolute Gasteiger partial charge is 0.203 e. The van der Waals surface area contributed by atoms with E-state index in [9.17, 15) is 4.79 Å². The summed E-state index contributed by atoms with van der Waals surface area (Å²) in [6.45, 7) is 5.71. The highest BCUT2D eigenvalue weighted by molar-refractivity contribution is 6.08. The number of hydrogen-bond acceptors (Lipinski definition) is 2. The summed E-state index contributed by atoms with van der Waals surface area (Å²) in [5.41, 5.74) is 0.370. The first-order valence-corrected chi connectivity index (χ1v) is 6.43. The number of carbonyl (C=O) groups excluding carboxylic acids is 1. The molecule has 0 amide bonds. The van der Waals surface area contributed by atoms with E-state index in [0.29, 0.717) is 5.76 Å². The molecule has 1 aromatic heterocycles. The van der Waals surface area contributed by atoms with Crippen LogP contribution in [0, 0.1) is 5.41 Å². The highest BCUT2D eigenvalue weighted by Gasteiger charge is 2.26. The summed E-state index contributed by atoms with van der Waals surface area (Å²) >= 11 is 0. The van der Waals surface area contributed by atoms with Gasteiger partial charge in [0.05, 0.1) is 0 Å². The quantitative estimate of drug-likeness (QED) is 0.581. The molecular formula is C17H16O2. The van der Waals surface area contributed by atoms with E-state index >= 15 is 0 Å². The minimum absolute atomic E-state index is 0.0350. The van der Waals surface area contributed by atoms with E-state index in [-0.39, 0.29) is 5.78 Å². The minimum atomic E-state index is -0.427. The molecule has 0 spiro atoms. The van der Waals surface area contributed by atoms with E-state index in [1.807, 2.05) is 57.2 Å². The summed E-state index contributed by atoms with van der Waals surface area (Å²) < 4.78 is 5.82. The monoisotopic (exact) mass is 252 g/mol. The van der Waals surface area contributed by atoms with Crippen molar-refractivity contribution < 1.29 is 9.21 Å². The third-order valence-electron chi connectivity index (χ3n) is 3.31. The van der Waals surface area contributed by atoms with E-state index in [1.165, 1.54) is 0 Å². The molecule has 3 aromatic rings. The minimum Gasteiger partial charge on any atom is -0.452 e. The first-order valence-electron chi connectivity index (χ1n) is 6.43. The number of ketones is 1. The van der Waals surface area contributed by atoms with Gasteiger partial charge in [-0.25, -0.2) is 0 Å². The molecule has 0 aliphatic carbocycles. The molecule has 2 nitrogen and oxygen atoms in total. The fraction of sp³-hybridized carbons (Fsp3) is 0.235. The van der Waals surface area contributed by atoms with Gasteiger partial charge in [0.15, 0.2) is 5.76 Å². The van der Waals surface area contributed by atoms with Crippen molar-refractivity contribution in [2.24, 2.45) is 5.41 Å². The van der Waals surface area contributed by atoms with Crippen molar-refractivity contribution in [1.82, 2.24) is 0 Å². The van der Waals surface area contributed by atoms with Crippen molar-refractivity contribution in [1.29, 1.82) is 0 Å². The van der Waals surface area contributed by atoms with Crippen LogP contribution in [0.25, 0.3) is 21.7 Å². The van der Waals surface area contributed by atoms with Gasteiger partial charge in [0, 0.05) is 16.2 Å². The Kier molecular flexibility index (Phi) is 2.49. The van der Waals surface area contributed by atoms with Crippen LogP contribution in [-0.4, -0.2) is 5.78 Å². The van der Waals surface area contributed by atoms with Gasteiger partial charge in [-0.15, -0.1) is 0 Å².